The highest BCUT2D eigenvalue weighted by Crippen LogP contribution is 2.42. The van der Waals surface area contributed by atoms with E-state index >= 15 is 0 Å². The van der Waals surface area contributed by atoms with Gasteiger partial charge in [0.1, 0.15) is 24.1 Å². The predicted octanol–water partition coefficient (Wildman–Crippen LogP) is 3.15. The Morgan fingerprint density at radius 3 is 2.71 bits per heavy atom. The average molecular weight is 589 g/mol. The number of ether oxygens (including phenoxy) is 2. The van der Waals surface area contributed by atoms with Crippen LogP contribution in [0, 0.1) is 11.3 Å². The van der Waals surface area contributed by atoms with Crippen LogP contribution in [0.15, 0.2) is 18.2 Å². The van der Waals surface area contributed by atoms with Crippen LogP contribution in [0.1, 0.15) is 68.8 Å². The summed E-state index contributed by atoms with van der Waals surface area (Å²) in [5.41, 5.74) is 0.678. The van der Waals surface area contributed by atoms with Crippen molar-refractivity contribution in [3.05, 3.63) is 28.9 Å². The quantitative estimate of drug-likeness (QED) is 0.265. The number of aromatic carboxylic acids is 1. The number of fused-ring (bicyclic) bond motifs is 1. The van der Waals surface area contributed by atoms with Crippen molar-refractivity contribution in [2.45, 2.75) is 76.4 Å². The number of aromatic amines is 1. The van der Waals surface area contributed by atoms with E-state index in [1.54, 1.807) is 19.1 Å². The maximum Gasteiger partial charge on any atom is 0.352 e. The molecule has 12 heteroatoms. The molecule has 41 heavy (non-hydrogen) atoms. The fraction of sp³-hybridized carbons (Fsp3) is 0.586. The van der Waals surface area contributed by atoms with E-state index in [0.29, 0.717) is 28.1 Å². The number of carbonyl (C=O) groups is 4. The molecule has 222 valence electrons. The minimum atomic E-state index is -1.09. The number of halogens is 1. The molecule has 2 amide bonds. The van der Waals surface area contributed by atoms with Gasteiger partial charge in [0.25, 0.3) is 0 Å². The van der Waals surface area contributed by atoms with E-state index in [4.69, 9.17) is 21.1 Å². The highest BCUT2D eigenvalue weighted by atomic mass is 35.5. The standard InChI is InChI=1S/C29H37ClN4O7/c1-2-40-28(39)22(34-26(36)23-13-29(15-31-23)6-4-3-5-7-29)11-17-8-18(32-25(17)35)14-41-19-9-16-10-21(27(37)38)33-24(16)20(30)12-19/h9-10,12,17-18,22-23,31,33H,2-8,11,13-15H2,1H3,(H,32,35)(H,34,36)(H,37,38)/t17-,18?,22-,23?/m0/s1. The monoisotopic (exact) mass is 588 g/mol. The van der Waals surface area contributed by atoms with Crippen LogP contribution in [-0.2, 0) is 19.1 Å². The highest BCUT2D eigenvalue weighted by molar-refractivity contribution is 6.35. The van der Waals surface area contributed by atoms with Gasteiger partial charge in [-0.25, -0.2) is 9.59 Å². The van der Waals surface area contributed by atoms with Crippen molar-refractivity contribution in [3.8, 4) is 5.75 Å². The van der Waals surface area contributed by atoms with Gasteiger partial charge < -0.3 is 35.5 Å². The van der Waals surface area contributed by atoms with Crippen LogP contribution < -0.4 is 20.7 Å². The first-order valence-corrected chi connectivity index (χ1v) is 14.7. The molecule has 0 radical (unpaired) electrons. The second-order valence-corrected chi connectivity index (χ2v) is 12.0. The number of nitrogens with one attached hydrogen (secondary N) is 4. The number of carbonyl (C=O) groups excluding carboxylic acids is 3. The number of rotatable bonds is 10. The Labute approximate surface area is 243 Å². The van der Waals surface area contributed by atoms with Crippen molar-refractivity contribution in [3.63, 3.8) is 0 Å². The fourth-order valence-corrected chi connectivity index (χ4v) is 6.77. The van der Waals surface area contributed by atoms with Gasteiger partial charge in [0, 0.05) is 23.9 Å². The van der Waals surface area contributed by atoms with Gasteiger partial charge in [-0.05, 0) is 56.6 Å². The minimum Gasteiger partial charge on any atom is -0.491 e. The van der Waals surface area contributed by atoms with E-state index in [-0.39, 0.29) is 54.6 Å². The Kier molecular flexibility index (Phi) is 8.74. The summed E-state index contributed by atoms with van der Waals surface area (Å²) < 4.78 is 11.1. The molecule has 2 aliphatic heterocycles. The fourth-order valence-electron chi connectivity index (χ4n) is 6.51. The number of esters is 1. The van der Waals surface area contributed by atoms with Crippen LogP contribution in [0.3, 0.4) is 0 Å². The van der Waals surface area contributed by atoms with Gasteiger partial charge in [-0.1, -0.05) is 30.9 Å². The maximum absolute atomic E-state index is 13.2. The second kappa shape index (κ2) is 12.3. The molecule has 1 spiro atoms. The summed E-state index contributed by atoms with van der Waals surface area (Å²) in [7, 11) is 0. The Hall–Kier alpha value is -3.31. The lowest BCUT2D eigenvalue weighted by molar-refractivity contribution is -0.148. The van der Waals surface area contributed by atoms with Gasteiger partial charge in [0.05, 0.1) is 29.2 Å². The lowest BCUT2D eigenvalue weighted by atomic mass is 9.72. The molecule has 5 N–H and O–H groups in total. The molecule has 3 heterocycles. The molecule has 4 atom stereocenters. The Morgan fingerprint density at radius 2 is 1.98 bits per heavy atom. The molecular weight excluding hydrogens is 552 g/mol. The summed E-state index contributed by atoms with van der Waals surface area (Å²) in [6, 6.07) is 3.13. The molecule has 3 aliphatic rings. The molecule has 1 saturated carbocycles. The Bertz CT molecular complexity index is 1320. The lowest BCUT2D eigenvalue weighted by Crippen LogP contribution is -2.49. The second-order valence-electron chi connectivity index (χ2n) is 11.6. The van der Waals surface area contributed by atoms with Crippen molar-refractivity contribution in [1.29, 1.82) is 0 Å². The molecule has 2 saturated heterocycles. The topological polar surface area (TPSA) is 159 Å². The van der Waals surface area contributed by atoms with E-state index in [1.807, 2.05) is 0 Å². The zero-order chi connectivity index (χ0) is 29.1. The van der Waals surface area contributed by atoms with E-state index < -0.39 is 23.9 Å². The van der Waals surface area contributed by atoms with Crippen molar-refractivity contribution in [2.24, 2.45) is 11.3 Å². The molecule has 1 aromatic carbocycles. The van der Waals surface area contributed by atoms with Crippen molar-refractivity contribution < 1.29 is 33.8 Å². The summed E-state index contributed by atoms with van der Waals surface area (Å²) in [5.74, 6) is -2.15. The third-order valence-corrected chi connectivity index (χ3v) is 8.92. The number of carboxylic acids is 1. The van der Waals surface area contributed by atoms with E-state index in [9.17, 15) is 24.3 Å². The van der Waals surface area contributed by atoms with Gasteiger partial charge >= 0.3 is 11.9 Å². The van der Waals surface area contributed by atoms with Gasteiger partial charge in [0.15, 0.2) is 0 Å². The van der Waals surface area contributed by atoms with Crippen molar-refractivity contribution >= 4 is 46.3 Å². The molecule has 11 nitrogen and oxygen atoms in total. The number of amides is 2. The van der Waals surface area contributed by atoms with Crippen LogP contribution in [0.4, 0.5) is 0 Å². The zero-order valence-corrected chi connectivity index (χ0v) is 23.9. The first-order chi connectivity index (χ1) is 19.7. The first-order valence-electron chi connectivity index (χ1n) is 14.4. The maximum atomic E-state index is 13.2. The summed E-state index contributed by atoms with van der Waals surface area (Å²) in [4.78, 5) is 52.8. The number of hydrogen-bond acceptors (Lipinski definition) is 7. The third-order valence-electron chi connectivity index (χ3n) is 8.62. The van der Waals surface area contributed by atoms with Crippen LogP contribution in [0.25, 0.3) is 10.9 Å². The van der Waals surface area contributed by atoms with Crippen LogP contribution in [0.5, 0.6) is 5.75 Å². The predicted molar refractivity (Wildman–Crippen MR) is 151 cm³/mol. The third kappa shape index (κ3) is 6.62. The zero-order valence-electron chi connectivity index (χ0n) is 23.1. The summed E-state index contributed by atoms with van der Waals surface area (Å²) >= 11 is 6.31. The summed E-state index contributed by atoms with van der Waals surface area (Å²) in [6.45, 7) is 2.85. The largest absolute Gasteiger partial charge is 0.491 e. The molecule has 3 fully saturated rings. The van der Waals surface area contributed by atoms with E-state index in [0.717, 1.165) is 25.8 Å². The number of hydrogen-bond donors (Lipinski definition) is 5. The van der Waals surface area contributed by atoms with Gasteiger partial charge in [0.2, 0.25) is 11.8 Å². The Morgan fingerprint density at radius 1 is 1.20 bits per heavy atom. The SMILES string of the molecule is CCOC(=O)[C@H](C[C@@H]1CC(COc2cc(Cl)c3[nH]c(C(=O)O)cc3c2)NC1=O)NC(=O)C1CC2(CCCCC2)CN1. The van der Waals surface area contributed by atoms with E-state index in [2.05, 4.69) is 20.9 Å². The van der Waals surface area contributed by atoms with Gasteiger partial charge in [-0.3, -0.25) is 9.59 Å². The lowest BCUT2D eigenvalue weighted by Gasteiger charge is -2.32. The molecule has 1 aromatic heterocycles. The van der Waals surface area contributed by atoms with Crippen molar-refractivity contribution in [1.82, 2.24) is 20.9 Å². The van der Waals surface area contributed by atoms with Gasteiger partial charge in [-0.2, -0.15) is 0 Å². The molecule has 2 aromatic rings. The summed E-state index contributed by atoms with van der Waals surface area (Å²) in [6.07, 6.45) is 7.14. The Balaban J connectivity index is 1.18. The summed E-state index contributed by atoms with van der Waals surface area (Å²) in [5, 5.41) is 19.3. The van der Waals surface area contributed by atoms with Gasteiger partial charge in [-0.15, -0.1) is 0 Å². The van der Waals surface area contributed by atoms with Crippen LogP contribution >= 0.6 is 11.6 Å². The minimum absolute atomic E-state index is 0.0189. The molecule has 0 bridgehead atoms. The first kappa shape index (κ1) is 29.2. The molecule has 2 unspecified atom stereocenters. The number of carboxylic acid groups (broad SMARTS) is 1. The number of benzene rings is 1. The average Bonchev–Trinajstić information content (AvgIpc) is 3.65. The highest BCUT2D eigenvalue weighted by Gasteiger charge is 2.43. The van der Waals surface area contributed by atoms with Crippen molar-refractivity contribution in [2.75, 3.05) is 19.8 Å². The normalized spacial score (nSPS) is 24.2. The molecule has 5 rings (SSSR count). The number of H-pyrrole nitrogens is 1. The van der Waals surface area contributed by atoms with Crippen LogP contribution in [-0.4, -0.2) is 71.7 Å². The molecular formula is C29H37ClN4O7. The molecule has 1 aliphatic carbocycles. The van der Waals surface area contributed by atoms with E-state index in [1.165, 1.54) is 25.3 Å². The smallest absolute Gasteiger partial charge is 0.352 e. The van der Waals surface area contributed by atoms with Crippen LogP contribution in [0.2, 0.25) is 5.02 Å². The number of aromatic nitrogens is 1.